The lowest BCUT2D eigenvalue weighted by Gasteiger charge is -2.15. The lowest BCUT2D eigenvalue weighted by molar-refractivity contribution is -0.115. The number of aromatic nitrogens is 3. The lowest BCUT2D eigenvalue weighted by atomic mass is 10.0. The molecule has 2 N–H and O–H groups in total. The van der Waals surface area contributed by atoms with Crippen LogP contribution in [0.25, 0.3) is 22.8 Å². The van der Waals surface area contributed by atoms with Crippen LogP contribution in [0, 0.1) is 0 Å². The minimum Gasteiger partial charge on any atom is -0.334 e. The summed E-state index contributed by atoms with van der Waals surface area (Å²) in [5.41, 5.74) is 4.69. The third-order valence-electron chi connectivity index (χ3n) is 4.34. The molecule has 1 amide bonds. The number of pyridine rings is 1. The standard InChI is InChI=1S/C19H19N5O2/c1-2-17(25)22-15-5-3-12(4-6-15)18-23-19(26-24-18)14-9-13-7-8-20-11-16(13)21-10-14/h3-6,9-10,20H,2,7-8,11H2,1H3,(H,22,25). The molecule has 1 aliphatic heterocycles. The fraction of sp³-hybridized carbons (Fsp3) is 0.263. The molecule has 4 rings (SSSR count). The Morgan fingerprint density at radius 3 is 2.92 bits per heavy atom. The van der Waals surface area contributed by atoms with Crippen molar-refractivity contribution in [3.63, 3.8) is 0 Å². The Morgan fingerprint density at radius 2 is 2.12 bits per heavy atom. The van der Waals surface area contributed by atoms with Crippen molar-refractivity contribution in [2.45, 2.75) is 26.3 Å². The minimum atomic E-state index is -0.0188. The van der Waals surface area contributed by atoms with Crippen molar-refractivity contribution in [3.8, 4) is 22.8 Å². The van der Waals surface area contributed by atoms with Crippen molar-refractivity contribution < 1.29 is 9.32 Å². The number of carbonyl (C=O) groups excluding carboxylic acids is 1. The van der Waals surface area contributed by atoms with E-state index in [9.17, 15) is 4.79 Å². The zero-order chi connectivity index (χ0) is 17.9. The molecule has 0 bridgehead atoms. The van der Waals surface area contributed by atoms with E-state index >= 15 is 0 Å². The summed E-state index contributed by atoms with van der Waals surface area (Å²) in [5, 5.41) is 10.2. The number of nitrogens with one attached hydrogen (secondary N) is 2. The Morgan fingerprint density at radius 1 is 1.27 bits per heavy atom. The molecule has 2 aromatic heterocycles. The maximum atomic E-state index is 11.4. The monoisotopic (exact) mass is 349 g/mol. The number of rotatable bonds is 4. The number of hydrogen-bond acceptors (Lipinski definition) is 6. The lowest BCUT2D eigenvalue weighted by Crippen LogP contribution is -2.24. The van der Waals surface area contributed by atoms with Crippen LogP contribution < -0.4 is 10.6 Å². The average Bonchev–Trinajstić information content (AvgIpc) is 3.18. The van der Waals surface area contributed by atoms with Crippen LogP contribution >= 0.6 is 0 Å². The first kappa shape index (κ1) is 16.4. The van der Waals surface area contributed by atoms with Gasteiger partial charge >= 0.3 is 0 Å². The molecule has 0 aliphatic carbocycles. The topological polar surface area (TPSA) is 92.9 Å². The molecule has 0 atom stereocenters. The molecule has 7 heteroatoms. The first-order valence-electron chi connectivity index (χ1n) is 8.66. The van der Waals surface area contributed by atoms with E-state index in [4.69, 9.17) is 4.52 Å². The largest absolute Gasteiger partial charge is 0.334 e. The molecule has 3 aromatic rings. The van der Waals surface area contributed by atoms with Gasteiger partial charge in [-0.05, 0) is 48.9 Å². The molecular weight excluding hydrogens is 330 g/mol. The van der Waals surface area contributed by atoms with Gasteiger partial charge < -0.3 is 15.2 Å². The summed E-state index contributed by atoms with van der Waals surface area (Å²) < 4.78 is 5.42. The number of amides is 1. The quantitative estimate of drug-likeness (QED) is 0.752. The Bertz CT molecular complexity index is 933. The SMILES string of the molecule is CCC(=O)Nc1ccc(-c2noc(-c3cnc4c(c3)CCNC4)n2)cc1. The van der Waals surface area contributed by atoms with Crippen LogP contribution in [0.2, 0.25) is 0 Å². The maximum absolute atomic E-state index is 11.4. The number of fused-ring (bicyclic) bond motifs is 1. The highest BCUT2D eigenvalue weighted by Crippen LogP contribution is 2.25. The summed E-state index contributed by atoms with van der Waals surface area (Å²) in [7, 11) is 0. The molecule has 0 spiro atoms. The zero-order valence-corrected chi connectivity index (χ0v) is 14.5. The van der Waals surface area contributed by atoms with Crippen molar-refractivity contribution >= 4 is 11.6 Å². The normalized spacial score (nSPS) is 13.3. The first-order chi connectivity index (χ1) is 12.7. The van der Waals surface area contributed by atoms with E-state index in [0.29, 0.717) is 18.1 Å². The summed E-state index contributed by atoms with van der Waals surface area (Å²) >= 11 is 0. The Kier molecular flexibility index (Phi) is 4.45. The van der Waals surface area contributed by atoms with Gasteiger partial charge in [0.05, 0.1) is 11.3 Å². The van der Waals surface area contributed by atoms with Gasteiger partial charge in [0.15, 0.2) is 0 Å². The Balaban J connectivity index is 1.55. The third kappa shape index (κ3) is 3.34. The molecule has 0 unspecified atom stereocenters. The predicted molar refractivity (Wildman–Crippen MR) is 97.3 cm³/mol. The van der Waals surface area contributed by atoms with Crippen molar-refractivity contribution in [2.24, 2.45) is 0 Å². The van der Waals surface area contributed by atoms with Gasteiger partial charge in [-0.2, -0.15) is 4.98 Å². The minimum absolute atomic E-state index is 0.0188. The molecule has 1 aromatic carbocycles. The van der Waals surface area contributed by atoms with Gasteiger partial charge in [-0.25, -0.2) is 0 Å². The highest BCUT2D eigenvalue weighted by atomic mass is 16.5. The third-order valence-corrected chi connectivity index (χ3v) is 4.34. The molecule has 0 fully saturated rings. The van der Waals surface area contributed by atoms with Crippen molar-refractivity contribution in [1.29, 1.82) is 0 Å². The summed E-state index contributed by atoms with van der Waals surface area (Å²) in [6.07, 6.45) is 3.16. The zero-order valence-electron chi connectivity index (χ0n) is 14.5. The van der Waals surface area contributed by atoms with Crippen molar-refractivity contribution in [3.05, 3.63) is 47.8 Å². The van der Waals surface area contributed by atoms with Gasteiger partial charge in [0.2, 0.25) is 11.7 Å². The molecule has 1 aliphatic rings. The van der Waals surface area contributed by atoms with Crippen LogP contribution in [-0.4, -0.2) is 27.6 Å². The van der Waals surface area contributed by atoms with Crippen molar-refractivity contribution in [2.75, 3.05) is 11.9 Å². The van der Waals surface area contributed by atoms with Crippen LogP contribution in [0.4, 0.5) is 5.69 Å². The van der Waals surface area contributed by atoms with Gasteiger partial charge in [0, 0.05) is 30.4 Å². The highest BCUT2D eigenvalue weighted by molar-refractivity contribution is 5.90. The molecule has 132 valence electrons. The van der Waals surface area contributed by atoms with Crippen LogP contribution in [0.5, 0.6) is 0 Å². The molecule has 0 saturated carbocycles. The van der Waals surface area contributed by atoms with E-state index in [0.717, 1.165) is 42.0 Å². The maximum Gasteiger partial charge on any atom is 0.259 e. The molecule has 0 radical (unpaired) electrons. The molecule has 0 saturated heterocycles. The van der Waals surface area contributed by atoms with E-state index in [1.807, 2.05) is 31.2 Å². The highest BCUT2D eigenvalue weighted by Gasteiger charge is 2.15. The molecule has 7 nitrogen and oxygen atoms in total. The molecule has 3 heterocycles. The fourth-order valence-corrected chi connectivity index (χ4v) is 2.87. The number of hydrogen-bond donors (Lipinski definition) is 2. The van der Waals surface area contributed by atoms with Gasteiger partial charge in [-0.15, -0.1) is 0 Å². The number of benzene rings is 1. The first-order valence-corrected chi connectivity index (χ1v) is 8.66. The van der Waals surface area contributed by atoms with Crippen molar-refractivity contribution in [1.82, 2.24) is 20.4 Å². The van der Waals surface area contributed by atoms with Crippen LogP contribution in [0.1, 0.15) is 24.6 Å². The Hall–Kier alpha value is -3.06. The predicted octanol–water partition coefficient (Wildman–Crippen LogP) is 2.79. The van der Waals surface area contributed by atoms with Gasteiger partial charge in [-0.1, -0.05) is 12.1 Å². The van der Waals surface area contributed by atoms with E-state index < -0.39 is 0 Å². The number of nitrogens with zero attached hydrogens (tertiary/aromatic N) is 3. The number of carbonyl (C=O) groups is 1. The van der Waals surface area contributed by atoms with Gasteiger partial charge in [-0.3, -0.25) is 9.78 Å². The summed E-state index contributed by atoms with van der Waals surface area (Å²) in [5.74, 6) is 0.944. The van der Waals surface area contributed by atoms with E-state index in [-0.39, 0.29) is 5.91 Å². The van der Waals surface area contributed by atoms with Gasteiger partial charge in [0.1, 0.15) is 0 Å². The Labute approximate surface area is 150 Å². The smallest absolute Gasteiger partial charge is 0.259 e. The summed E-state index contributed by atoms with van der Waals surface area (Å²) in [4.78, 5) is 20.4. The van der Waals surface area contributed by atoms with Crippen LogP contribution in [0.15, 0.2) is 41.1 Å². The average molecular weight is 349 g/mol. The van der Waals surface area contributed by atoms with E-state index in [1.54, 1.807) is 6.20 Å². The summed E-state index contributed by atoms with van der Waals surface area (Å²) in [6, 6.07) is 9.44. The molecule has 26 heavy (non-hydrogen) atoms. The number of anilines is 1. The van der Waals surface area contributed by atoms with Gasteiger partial charge in [0.25, 0.3) is 5.89 Å². The second-order valence-corrected chi connectivity index (χ2v) is 6.16. The second-order valence-electron chi connectivity index (χ2n) is 6.16. The summed E-state index contributed by atoms with van der Waals surface area (Å²) in [6.45, 7) is 3.57. The second kappa shape index (κ2) is 7.05. The van der Waals surface area contributed by atoms with E-state index in [1.165, 1.54) is 5.56 Å². The van der Waals surface area contributed by atoms with Crippen LogP contribution in [-0.2, 0) is 17.8 Å². The van der Waals surface area contributed by atoms with Crippen LogP contribution in [0.3, 0.4) is 0 Å². The molecular formula is C19H19N5O2. The fourth-order valence-electron chi connectivity index (χ4n) is 2.87. The van der Waals surface area contributed by atoms with E-state index in [2.05, 4.69) is 31.8 Å².